The first-order valence-electron chi connectivity index (χ1n) is 9.51. The summed E-state index contributed by atoms with van der Waals surface area (Å²) in [6.45, 7) is 2.17. The number of hydrogen-bond donors (Lipinski definition) is 0. The zero-order chi connectivity index (χ0) is 18.9. The number of imidazole rings is 1. The molecule has 0 fully saturated rings. The monoisotopic (exact) mass is 360 g/mol. The smallest absolute Gasteiger partial charge is 0.146 e. The van der Waals surface area contributed by atoms with Gasteiger partial charge in [-0.15, -0.1) is 0 Å². The van der Waals surface area contributed by atoms with E-state index in [4.69, 9.17) is 4.98 Å². The van der Waals surface area contributed by atoms with Crippen LogP contribution in [0.2, 0.25) is 0 Å². The third-order valence-electron chi connectivity index (χ3n) is 5.15. The number of rotatable bonds is 3. The number of aromatic nitrogens is 2. The molecule has 2 nitrogen and oxygen atoms in total. The average molecular weight is 360 g/mol. The van der Waals surface area contributed by atoms with Crippen molar-refractivity contribution >= 4 is 11.0 Å². The number of fused-ring (bicyclic) bond motifs is 1. The molecule has 0 aliphatic heterocycles. The Morgan fingerprint density at radius 3 is 2.11 bits per heavy atom. The van der Waals surface area contributed by atoms with Gasteiger partial charge >= 0.3 is 0 Å². The van der Waals surface area contributed by atoms with Crippen LogP contribution in [-0.2, 0) is 0 Å². The van der Waals surface area contributed by atoms with Gasteiger partial charge in [0, 0.05) is 11.3 Å². The van der Waals surface area contributed by atoms with Crippen LogP contribution in [0.3, 0.4) is 0 Å². The van der Waals surface area contributed by atoms with Gasteiger partial charge < -0.3 is 0 Å². The quantitative estimate of drug-likeness (QED) is 0.351. The molecule has 28 heavy (non-hydrogen) atoms. The van der Waals surface area contributed by atoms with Gasteiger partial charge in [-0.2, -0.15) is 0 Å². The molecule has 0 unspecified atom stereocenters. The van der Waals surface area contributed by atoms with Gasteiger partial charge in [0.1, 0.15) is 5.82 Å². The lowest BCUT2D eigenvalue weighted by Gasteiger charge is -2.15. The Kier molecular flexibility index (Phi) is 4.02. The fourth-order valence-electron chi connectivity index (χ4n) is 3.89. The van der Waals surface area contributed by atoms with E-state index in [2.05, 4.69) is 102 Å². The van der Waals surface area contributed by atoms with Gasteiger partial charge in [-0.1, -0.05) is 78.9 Å². The molecule has 5 rings (SSSR count). The topological polar surface area (TPSA) is 17.8 Å². The molecule has 0 radical (unpaired) electrons. The van der Waals surface area contributed by atoms with Crippen LogP contribution < -0.4 is 0 Å². The molecule has 0 spiro atoms. The number of para-hydroxylation sites is 3. The van der Waals surface area contributed by atoms with E-state index < -0.39 is 0 Å². The highest BCUT2D eigenvalue weighted by Gasteiger charge is 2.18. The molecular weight excluding hydrogens is 340 g/mol. The molecule has 4 aromatic carbocycles. The van der Waals surface area contributed by atoms with E-state index >= 15 is 0 Å². The van der Waals surface area contributed by atoms with Crippen LogP contribution in [0.5, 0.6) is 0 Å². The number of benzene rings is 4. The lowest BCUT2D eigenvalue weighted by molar-refractivity contribution is 1.10. The number of aryl methyl sites for hydroxylation is 1. The molecule has 2 heteroatoms. The summed E-state index contributed by atoms with van der Waals surface area (Å²) in [6, 6.07) is 35.8. The van der Waals surface area contributed by atoms with Gasteiger partial charge in [0.25, 0.3) is 0 Å². The number of nitrogens with zero attached hydrogens (tertiary/aromatic N) is 2. The lowest BCUT2D eigenvalue weighted by atomic mass is 9.94. The SMILES string of the molecule is Cc1cccc(-c2nc3ccccc3n2-c2ccccc2)c1-c1ccccc1. The second-order valence-corrected chi connectivity index (χ2v) is 6.96. The first-order chi connectivity index (χ1) is 13.8. The first kappa shape index (κ1) is 16.5. The van der Waals surface area contributed by atoms with Crippen molar-refractivity contribution in [3.05, 3.63) is 109 Å². The maximum absolute atomic E-state index is 5.05. The standard InChI is InChI=1S/C26H20N2/c1-19-11-10-16-22(25(19)20-12-4-2-5-13-20)26-27-23-17-8-9-18-24(23)28(26)21-14-6-3-7-15-21/h2-18H,1H3. The Morgan fingerprint density at radius 1 is 0.643 bits per heavy atom. The highest BCUT2D eigenvalue weighted by molar-refractivity contribution is 5.89. The Bertz CT molecular complexity index is 1250. The summed E-state index contributed by atoms with van der Waals surface area (Å²) in [5, 5.41) is 0. The molecule has 1 aromatic heterocycles. The van der Waals surface area contributed by atoms with Crippen LogP contribution in [0.4, 0.5) is 0 Å². The van der Waals surface area contributed by atoms with Crippen molar-refractivity contribution in [1.29, 1.82) is 0 Å². The zero-order valence-corrected chi connectivity index (χ0v) is 15.7. The van der Waals surface area contributed by atoms with Crippen LogP contribution in [0, 0.1) is 6.92 Å². The van der Waals surface area contributed by atoms with Gasteiger partial charge in [-0.05, 0) is 47.9 Å². The van der Waals surface area contributed by atoms with Crippen LogP contribution in [0.1, 0.15) is 5.56 Å². The Balaban J connectivity index is 1.86. The predicted molar refractivity (Wildman–Crippen MR) is 117 cm³/mol. The van der Waals surface area contributed by atoms with Gasteiger partial charge in [0.05, 0.1) is 11.0 Å². The molecule has 0 aliphatic rings. The van der Waals surface area contributed by atoms with Crippen LogP contribution in [-0.4, -0.2) is 9.55 Å². The summed E-state index contributed by atoms with van der Waals surface area (Å²) in [7, 11) is 0. The van der Waals surface area contributed by atoms with E-state index in [1.165, 1.54) is 16.7 Å². The van der Waals surface area contributed by atoms with E-state index in [1.807, 2.05) is 12.1 Å². The van der Waals surface area contributed by atoms with Crippen molar-refractivity contribution in [2.45, 2.75) is 6.92 Å². The largest absolute Gasteiger partial charge is 0.292 e. The minimum atomic E-state index is 0.968. The van der Waals surface area contributed by atoms with Crippen LogP contribution in [0.15, 0.2) is 103 Å². The maximum atomic E-state index is 5.05. The van der Waals surface area contributed by atoms with E-state index in [1.54, 1.807) is 0 Å². The van der Waals surface area contributed by atoms with Crippen molar-refractivity contribution < 1.29 is 0 Å². The van der Waals surface area contributed by atoms with Gasteiger partial charge in [-0.3, -0.25) is 4.57 Å². The van der Waals surface area contributed by atoms with E-state index in [-0.39, 0.29) is 0 Å². The third-order valence-corrected chi connectivity index (χ3v) is 5.15. The van der Waals surface area contributed by atoms with Crippen molar-refractivity contribution in [2.24, 2.45) is 0 Å². The molecule has 1 heterocycles. The van der Waals surface area contributed by atoms with E-state index in [0.717, 1.165) is 28.1 Å². The fraction of sp³-hybridized carbons (Fsp3) is 0.0385. The summed E-state index contributed by atoms with van der Waals surface area (Å²) >= 11 is 0. The second-order valence-electron chi connectivity index (χ2n) is 6.96. The number of hydrogen-bond acceptors (Lipinski definition) is 1. The summed E-state index contributed by atoms with van der Waals surface area (Å²) in [6.07, 6.45) is 0. The minimum Gasteiger partial charge on any atom is -0.292 e. The fourth-order valence-corrected chi connectivity index (χ4v) is 3.89. The zero-order valence-electron chi connectivity index (χ0n) is 15.7. The summed E-state index contributed by atoms with van der Waals surface area (Å²) in [5.41, 5.74) is 8.07. The molecule has 5 aromatic rings. The molecule has 0 saturated carbocycles. The van der Waals surface area contributed by atoms with Crippen molar-refractivity contribution in [3.63, 3.8) is 0 Å². The van der Waals surface area contributed by atoms with E-state index in [9.17, 15) is 0 Å². The van der Waals surface area contributed by atoms with E-state index in [0.29, 0.717) is 0 Å². The summed E-state index contributed by atoms with van der Waals surface area (Å²) in [4.78, 5) is 5.05. The van der Waals surface area contributed by atoms with Crippen LogP contribution >= 0.6 is 0 Å². The molecule has 0 amide bonds. The normalized spacial score (nSPS) is 11.0. The highest BCUT2D eigenvalue weighted by Crippen LogP contribution is 2.37. The third kappa shape index (κ3) is 2.71. The molecule has 0 saturated heterocycles. The predicted octanol–water partition coefficient (Wildman–Crippen LogP) is 6.67. The van der Waals surface area contributed by atoms with Crippen molar-refractivity contribution in [3.8, 4) is 28.2 Å². The molecule has 0 bridgehead atoms. The Labute approximate surface area is 164 Å². The molecule has 134 valence electrons. The maximum Gasteiger partial charge on any atom is 0.146 e. The highest BCUT2D eigenvalue weighted by atomic mass is 15.1. The van der Waals surface area contributed by atoms with Gasteiger partial charge in [-0.25, -0.2) is 4.98 Å². The molecule has 0 atom stereocenters. The molecule has 0 aliphatic carbocycles. The molecule has 0 N–H and O–H groups in total. The van der Waals surface area contributed by atoms with Crippen molar-refractivity contribution in [1.82, 2.24) is 9.55 Å². The van der Waals surface area contributed by atoms with Gasteiger partial charge in [0.2, 0.25) is 0 Å². The summed E-state index contributed by atoms with van der Waals surface area (Å²) in [5.74, 6) is 0.968. The van der Waals surface area contributed by atoms with Crippen LogP contribution in [0.25, 0.3) is 39.2 Å². The minimum absolute atomic E-state index is 0.968. The second kappa shape index (κ2) is 6.82. The molecular formula is C26H20N2. The first-order valence-corrected chi connectivity index (χ1v) is 9.51. The van der Waals surface area contributed by atoms with Gasteiger partial charge in [0.15, 0.2) is 0 Å². The summed E-state index contributed by atoms with van der Waals surface area (Å²) < 4.78 is 2.26. The Hall–Kier alpha value is -3.65. The Morgan fingerprint density at radius 2 is 1.32 bits per heavy atom. The van der Waals surface area contributed by atoms with Crippen molar-refractivity contribution in [2.75, 3.05) is 0 Å². The average Bonchev–Trinajstić information content (AvgIpc) is 3.14. The lowest BCUT2D eigenvalue weighted by Crippen LogP contribution is -1.99.